The maximum Gasteiger partial charge on any atom is 0.257 e. The van der Waals surface area contributed by atoms with Crippen LogP contribution in [-0.4, -0.2) is 38.8 Å². The normalized spacial score (nSPS) is 30.8. The number of ketones is 2. The second kappa shape index (κ2) is 9.21. The molecule has 1 saturated heterocycles. The molecule has 7 nitrogen and oxygen atoms in total. The Kier molecular flexibility index (Phi) is 5.70. The highest BCUT2D eigenvalue weighted by molar-refractivity contribution is 6.31. The summed E-state index contributed by atoms with van der Waals surface area (Å²) in [5.74, 6) is -5.19. The van der Waals surface area contributed by atoms with E-state index in [1.165, 1.54) is 6.08 Å². The van der Waals surface area contributed by atoms with Gasteiger partial charge in [0.2, 0.25) is 0 Å². The first-order chi connectivity index (χ1) is 19.8. The van der Waals surface area contributed by atoms with Crippen LogP contribution in [-0.2, 0) is 24.6 Å². The first-order valence-corrected chi connectivity index (χ1v) is 13.8. The second-order valence-electron chi connectivity index (χ2n) is 11.4. The van der Waals surface area contributed by atoms with Crippen LogP contribution in [0.2, 0.25) is 0 Å². The van der Waals surface area contributed by atoms with Crippen molar-refractivity contribution >= 4 is 29.0 Å². The van der Waals surface area contributed by atoms with Crippen LogP contribution in [0.15, 0.2) is 103 Å². The Morgan fingerprint density at radius 3 is 2.12 bits per heavy atom. The summed E-state index contributed by atoms with van der Waals surface area (Å²) in [4.78, 5) is 55.4. The number of carbonyl (C=O) groups is 4. The number of fused-ring (bicyclic) bond motifs is 4. The van der Waals surface area contributed by atoms with Gasteiger partial charge in [-0.1, -0.05) is 84.4 Å². The summed E-state index contributed by atoms with van der Waals surface area (Å²) in [7, 11) is 0. The molecule has 0 aromatic heterocycles. The van der Waals surface area contributed by atoms with Crippen LogP contribution >= 0.6 is 0 Å². The third kappa shape index (κ3) is 3.48. The van der Waals surface area contributed by atoms with E-state index >= 15 is 0 Å². The number of allylic oxidation sites excluding steroid dienone is 4. The number of nitrogens with zero attached hydrogens (tertiary/aromatic N) is 1. The molecule has 41 heavy (non-hydrogen) atoms. The minimum atomic E-state index is -1.31. The summed E-state index contributed by atoms with van der Waals surface area (Å²) in [6.07, 6.45) is 3.83. The molecule has 6 atom stereocenters. The third-order valence-electron chi connectivity index (χ3n) is 9.58. The van der Waals surface area contributed by atoms with Gasteiger partial charge in [0.15, 0.2) is 11.6 Å². The van der Waals surface area contributed by atoms with Crippen molar-refractivity contribution in [2.45, 2.75) is 24.2 Å². The fourth-order valence-electron chi connectivity index (χ4n) is 7.90. The zero-order valence-electron chi connectivity index (χ0n) is 22.0. The Bertz CT molecular complexity index is 1660. The number of benzene rings is 3. The molecule has 1 heterocycles. The molecule has 6 unspecified atom stereocenters. The Labute approximate surface area is 236 Å². The zero-order chi connectivity index (χ0) is 28.5. The highest BCUT2D eigenvalue weighted by Crippen LogP contribution is 2.63. The lowest BCUT2D eigenvalue weighted by molar-refractivity contribution is -0.173. The van der Waals surface area contributed by atoms with Gasteiger partial charge in [-0.15, -0.1) is 0 Å². The smallest absolute Gasteiger partial charge is 0.257 e. The minimum absolute atomic E-state index is 0.0638. The number of aromatic hydroxyl groups is 1. The van der Waals surface area contributed by atoms with Crippen molar-refractivity contribution in [3.8, 4) is 5.75 Å². The number of phenolic OH excluding ortho intramolecular Hbond substituents is 1. The minimum Gasteiger partial charge on any atom is -0.508 e. The number of amides is 2. The van der Waals surface area contributed by atoms with Crippen molar-refractivity contribution in [1.82, 2.24) is 5.06 Å². The van der Waals surface area contributed by atoms with Crippen LogP contribution in [0, 0.1) is 23.7 Å². The van der Waals surface area contributed by atoms with Crippen LogP contribution in [0.4, 0.5) is 0 Å². The summed E-state index contributed by atoms with van der Waals surface area (Å²) in [6.45, 7) is 0. The lowest BCUT2D eigenvalue weighted by atomic mass is 9.44. The maximum absolute atomic E-state index is 14.7. The van der Waals surface area contributed by atoms with Gasteiger partial charge < -0.3 is 5.11 Å². The van der Waals surface area contributed by atoms with Gasteiger partial charge in [0.1, 0.15) is 5.75 Å². The van der Waals surface area contributed by atoms with Crippen LogP contribution in [0.25, 0.3) is 5.57 Å². The zero-order valence-corrected chi connectivity index (χ0v) is 22.0. The Morgan fingerprint density at radius 1 is 0.780 bits per heavy atom. The van der Waals surface area contributed by atoms with Crippen LogP contribution in [0.3, 0.4) is 0 Å². The molecule has 0 spiro atoms. The number of imide groups is 1. The SMILES string of the molecule is O=C1C(c2ccccc2)=CC(=O)C2(c3ccccc3)C1CC1C(=CCC3C(=O)N(O)C(=O)C31)C2c1ccc(O)cc1. The van der Waals surface area contributed by atoms with Crippen LogP contribution < -0.4 is 0 Å². The van der Waals surface area contributed by atoms with Crippen molar-refractivity contribution < 1.29 is 29.5 Å². The van der Waals surface area contributed by atoms with Gasteiger partial charge in [0.05, 0.1) is 17.3 Å². The number of hydroxylamine groups is 2. The van der Waals surface area contributed by atoms with Gasteiger partial charge in [-0.2, -0.15) is 5.06 Å². The van der Waals surface area contributed by atoms with Gasteiger partial charge in [0, 0.05) is 17.4 Å². The summed E-state index contributed by atoms with van der Waals surface area (Å²) < 4.78 is 0. The molecular formula is C34H27NO6. The molecule has 2 amide bonds. The van der Waals surface area contributed by atoms with E-state index in [0.29, 0.717) is 16.7 Å². The predicted octanol–water partition coefficient (Wildman–Crippen LogP) is 4.61. The summed E-state index contributed by atoms with van der Waals surface area (Å²) in [5.41, 5.74) is 1.89. The molecule has 1 aliphatic heterocycles. The number of carbonyl (C=O) groups excluding carboxylic acids is 4. The molecule has 3 aromatic carbocycles. The van der Waals surface area contributed by atoms with E-state index in [1.807, 2.05) is 54.6 Å². The summed E-state index contributed by atoms with van der Waals surface area (Å²) >= 11 is 0. The van der Waals surface area contributed by atoms with Crippen molar-refractivity contribution in [2.24, 2.45) is 23.7 Å². The number of Topliss-reactive ketones (excluding diaryl/α,β-unsaturated/α-hetero) is 1. The Morgan fingerprint density at radius 2 is 1.44 bits per heavy atom. The Balaban J connectivity index is 1.52. The monoisotopic (exact) mass is 545 g/mol. The summed E-state index contributed by atoms with van der Waals surface area (Å²) in [6, 6.07) is 25.0. The fourth-order valence-corrected chi connectivity index (χ4v) is 7.90. The van der Waals surface area contributed by atoms with E-state index in [-0.39, 0.29) is 35.2 Å². The molecule has 2 N–H and O–H groups in total. The molecule has 0 bridgehead atoms. The average molecular weight is 546 g/mol. The Hall–Kier alpha value is -4.62. The second-order valence-corrected chi connectivity index (χ2v) is 11.4. The van der Waals surface area contributed by atoms with E-state index < -0.39 is 46.8 Å². The molecule has 3 aromatic rings. The average Bonchev–Trinajstić information content (AvgIpc) is 3.23. The van der Waals surface area contributed by atoms with E-state index in [9.17, 15) is 29.5 Å². The third-order valence-corrected chi connectivity index (χ3v) is 9.58. The van der Waals surface area contributed by atoms with Gasteiger partial charge in [-0.25, -0.2) is 0 Å². The molecule has 7 rings (SSSR count). The highest BCUT2D eigenvalue weighted by Gasteiger charge is 2.65. The van der Waals surface area contributed by atoms with E-state index in [2.05, 4.69) is 0 Å². The molecule has 204 valence electrons. The van der Waals surface area contributed by atoms with Gasteiger partial charge in [-0.3, -0.25) is 24.4 Å². The number of hydrogen-bond acceptors (Lipinski definition) is 6. The van der Waals surface area contributed by atoms with Crippen molar-refractivity contribution in [2.75, 3.05) is 0 Å². The van der Waals surface area contributed by atoms with Crippen LogP contribution in [0.5, 0.6) is 5.75 Å². The molecule has 0 radical (unpaired) electrons. The van der Waals surface area contributed by atoms with E-state index in [1.54, 1.807) is 36.4 Å². The molecule has 4 aliphatic rings. The number of phenols is 1. The quantitative estimate of drug-likeness (QED) is 0.283. The lowest BCUT2D eigenvalue weighted by Crippen LogP contribution is -2.58. The van der Waals surface area contributed by atoms with E-state index in [0.717, 1.165) is 11.1 Å². The molecule has 3 aliphatic carbocycles. The number of rotatable bonds is 3. The first kappa shape index (κ1) is 25.4. The fraction of sp³-hybridized carbons (Fsp3) is 0.235. The van der Waals surface area contributed by atoms with Gasteiger partial charge >= 0.3 is 0 Å². The van der Waals surface area contributed by atoms with Crippen molar-refractivity contribution in [3.63, 3.8) is 0 Å². The molecule has 1 saturated carbocycles. The van der Waals surface area contributed by atoms with Gasteiger partial charge in [-0.05, 0) is 53.7 Å². The molecule has 7 heteroatoms. The summed E-state index contributed by atoms with van der Waals surface area (Å²) in [5, 5.41) is 20.6. The van der Waals surface area contributed by atoms with Crippen LogP contribution in [0.1, 0.15) is 35.4 Å². The lowest BCUT2D eigenvalue weighted by Gasteiger charge is -2.55. The van der Waals surface area contributed by atoms with E-state index in [4.69, 9.17) is 0 Å². The standard InChI is InChI=1S/C34H27NO6/c36-22-13-11-20(12-14-22)30-23-15-16-24-29(33(40)35(41)32(24)39)26(23)17-27-31(38)25(19-7-3-1-4-8-19)18-28(37)34(27,30)21-9-5-2-6-10-21/h1-15,18,24,26-27,29-30,36,41H,16-17H2. The molecular weight excluding hydrogens is 518 g/mol. The highest BCUT2D eigenvalue weighted by atomic mass is 16.5. The van der Waals surface area contributed by atoms with Gasteiger partial charge in [0.25, 0.3) is 11.8 Å². The van der Waals surface area contributed by atoms with Crippen molar-refractivity contribution in [3.05, 3.63) is 119 Å². The first-order valence-electron chi connectivity index (χ1n) is 13.8. The predicted molar refractivity (Wildman–Crippen MR) is 148 cm³/mol. The number of hydrogen-bond donors (Lipinski definition) is 2. The maximum atomic E-state index is 14.7. The molecule has 2 fully saturated rings. The topological polar surface area (TPSA) is 112 Å². The van der Waals surface area contributed by atoms with Crippen molar-refractivity contribution in [1.29, 1.82) is 0 Å². The largest absolute Gasteiger partial charge is 0.508 e.